The smallest absolute Gasteiger partial charge is 0.323 e. The fourth-order valence-corrected chi connectivity index (χ4v) is 1.31. The Hall–Kier alpha value is -2.38. The molecule has 8 nitrogen and oxygen atoms in total. The lowest BCUT2D eigenvalue weighted by molar-refractivity contribution is 0.222. The Labute approximate surface area is 110 Å². The van der Waals surface area contributed by atoms with E-state index in [1.165, 1.54) is 6.26 Å². The molecule has 0 amide bonds. The quantitative estimate of drug-likeness (QED) is 0.805. The van der Waals surface area contributed by atoms with E-state index in [2.05, 4.69) is 30.7 Å². The predicted molar refractivity (Wildman–Crippen MR) is 69.0 cm³/mol. The molecule has 0 radical (unpaired) electrons. The second kappa shape index (κ2) is 5.98. The Kier molecular flexibility index (Phi) is 4.11. The Morgan fingerprint density at radius 3 is 2.68 bits per heavy atom. The molecule has 0 aromatic carbocycles. The van der Waals surface area contributed by atoms with Gasteiger partial charge < -0.3 is 19.9 Å². The number of hydrogen-bond donors (Lipinski definition) is 2. The first-order chi connectivity index (χ1) is 9.17. The van der Waals surface area contributed by atoms with Gasteiger partial charge in [0.25, 0.3) is 0 Å². The summed E-state index contributed by atoms with van der Waals surface area (Å²) in [6.07, 6.45) is 1.51. The van der Waals surface area contributed by atoms with Crippen molar-refractivity contribution < 1.29 is 9.26 Å². The highest BCUT2D eigenvalue weighted by Gasteiger charge is 2.08. The normalized spacial score (nSPS) is 10.5. The maximum absolute atomic E-state index is 5.46. The first kappa shape index (κ1) is 13.1. The largest absolute Gasteiger partial charge is 0.461 e. The van der Waals surface area contributed by atoms with Gasteiger partial charge in [0, 0.05) is 13.1 Å². The average molecular weight is 264 g/mol. The maximum atomic E-state index is 5.46. The van der Waals surface area contributed by atoms with Crippen molar-refractivity contribution in [3.8, 4) is 6.01 Å². The first-order valence-electron chi connectivity index (χ1n) is 5.91. The molecular formula is C11H16N6O2. The Morgan fingerprint density at radius 2 is 2.05 bits per heavy atom. The van der Waals surface area contributed by atoms with Crippen LogP contribution in [0.2, 0.25) is 0 Å². The zero-order valence-electron chi connectivity index (χ0n) is 11.0. The van der Waals surface area contributed by atoms with Crippen molar-refractivity contribution in [2.45, 2.75) is 26.5 Å². The van der Waals surface area contributed by atoms with Crippen LogP contribution in [0.3, 0.4) is 0 Å². The summed E-state index contributed by atoms with van der Waals surface area (Å²) in [5, 5.41) is 9.68. The number of aromatic nitrogens is 4. The summed E-state index contributed by atoms with van der Waals surface area (Å²) in [6, 6.07) is 2.04. The third kappa shape index (κ3) is 3.80. The third-order valence-corrected chi connectivity index (χ3v) is 2.10. The highest BCUT2D eigenvalue weighted by Crippen LogP contribution is 2.12. The molecule has 0 spiro atoms. The molecule has 102 valence electrons. The molecule has 0 saturated carbocycles. The highest BCUT2D eigenvalue weighted by atomic mass is 16.5. The minimum absolute atomic E-state index is 0.00417. The van der Waals surface area contributed by atoms with Gasteiger partial charge in [-0.3, -0.25) is 0 Å². The summed E-state index contributed by atoms with van der Waals surface area (Å²) in [6.45, 7) is 4.28. The van der Waals surface area contributed by atoms with Crippen LogP contribution in [0.1, 0.15) is 19.5 Å². The Balaban J connectivity index is 2.09. The first-order valence-corrected chi connectivity index (χ1v) is 5.91. The van der Waals surface area contributed by atoms with Crippen LogP contribution in [0.25, 0.3) is 0 Å². The van der Waals surface area contributed by atoms with Gasteiger partial charge in [0.1, 0.15) is 12.0 Å². The lowest BCUT2D eigenvalue weighted by Crippen LogP contribution is -2.13. The van der Waals surface area contributed by atoms with Crippen LogP contribution >= 0.6 is 0 Å². The van der Waals surface area contributed by atoms with Crippen molar-refractivity contribution in [3.63, 3.8) is 0 Å². The van der Waals surface area contributed by atoms with Crippen LogP contribution in [-0.2, 0) is 6.54 Å². The van der Waals surface area contributed by atoms with E-state index in [1.54, 1.807) is 13.1 Å². The third-order valence-electron chi connectivity index (χ3n) is 2.10. The number of rotatable bonds is 6. The molecule has 0 aliphatic heterocycles. The lowest BCUT2D eigenvalue weighted by Gasteiger charge is -2.10. The fraction of sp³-hybridized carbons (Fsp3) is 0.455. The molecule has 0 fully saturated rings. The van der Waals surface area contributed by atoms with Gasteiger partial charge in [0.2, 0.25) is 11.9 Å². The molecule has 2 aromatic heterocycles. The molecule has 2 rings (SSSR count). The van der Waals surface area contributed by atoms with Crippen LogP contribution in [0.5, 0.6) is 6.01 Å². The number of ether oxygens (including phenoxy) is 1. The van der Waals surface area contributed by atoms with Crippen LogP contribution in [0.4, 0.5) is 11.9 Å². The minimum Gasteiger partial charge on any atom is -0.461 e. The number of anilines is 2. The fourth-order valence-electron chi connectivity index (χ4n) is 1.31. The lowest BCUT2D eigenvalue weighted by atomic mass is 10.4. The SMILES string of the molecule is CNc1nc(NCc2ccon2)nc(OC(C)C)n1. The Bertz CT molecular complexity index is 514. The number of nitrogens with one attached hydrogen (secondary N) is 2. The van der Waals surface area contributed by atoms with Crippen molar-refractivity contribution in [2.24, 2.45) is 0 Å². The van der Waals surface area contributed by atoms with Gasteiger partial charge in [-0.1, -0.05) is 5.16 Å². The molecule has 0 unspecified atom stereocenters. The van der Waals surface area contributed by atoms with E-state index >= 15 is 0 Å². The molecule has 0 saturated heterocycles. The maximum Gasteiger partial charge on any atom is 0.323 e. The highest BCUT2D eigenvalue weighted by molar-refractivity contribution is 5.35. The summed E-state index contributed by atoms with van der Waals surface area (Å²) < 4.78 is 10.2. The van der Waals surface area contributed by atoms with E-state index in [1.807, 2.05) is 13.8 Å². The summed E-state index contributed by atoms with van der Waals surface area (Å²) in [5.74, 6) is 0.853. The van der Waals surface area contributed by atoms with Crippen molar-refractivity contribution >= 4 is 11.9 Å². The van der Waals surface area contributed by atoms with E-state index in [0.29, 0.717) is 18.4 Å². The van der Waals surface area contributed by atoms with E-state index in [4.69, 9.17) is 9.26 Å². The second-order valence-corrected chi connectivity index (χ2v) is 4.03. The molecule has 19 heavy (non-hydrogen) atoms. The summed E-state index contributed by atoms with van der Waals surface area (Å²) in [5.41, 5.74) is 0.762. The van der Waals surface area contributed by atoms with E-state index < -0.39 is 0 Å². The second-order valence-electron chi connectivity index (χ2n) is 4.03. The standard InChI is InChI=1S/C11H16N6O2/c1-7(2)19-11-15-9(12-3)14-10(16-11)13-6-8-4-5-18-17-8/h4-5,7H,6H2,1-3H3,(H2,12,13,14,15,16). The van der Waals surface area contributed by atoms with Gasteiger partial charge in [-0.2, -0.15) is 15.0 Å². The van der Waals surface area contributed by atoms with Crippen LogP contribution in [-0.4, -0.2) is 33.3 Å². The van der Waals surface area contributed by atoms with Crippen molar-refractivity contribution in [3.05, 3.63) is 18.0 Å². The van der Waals surface area contributed by atoms with Crippen molar-refractivity contribution in [2.75, 3.05) is 17.7 Å². The molecule has 0 aliphatic rings. The van der Waals surface area contributed by atoms with Crippen LogP contribution in [0.15, 0.2) is 16.9 Å². The van der Waals surface area contributed by atoms with Gasteiger partial charge in [0.05, 0.1) is 12.6 Å². The molecule has 0 atom stereocenters. The van der Waals surface area contributed by atoms with Gasteiger partial charge in [-0.05, 0) is 13.8 Å². The molecule has 8 heteroatoms. The van der Waals surface area contributed by atoms with Crippen molar-refractivity contribution in [1.82, 2.24) is 20.1 Å². The molecule has 2 aromatic rings. The van der Waals surface area contributed by atoms with Crippen molar-refractivity contribution in [1.29, 1.82) is 0 Å². The average Bonchev–Trinajstić information content (AvgIpc) is 2.88. The zero-order valence-corrected chi connectivity index (χ0v) is 11.0. The molecule has 0 aliphatic carbocycles. The topological polar surface area (TPSA) is 98.0 Å². The number of nitrogens with zero attached hydrogens (tertiary/aromatic N) is 4. The van der Waals surface area contributed by atoms with E-state index in [0.717, 1.165) is 5.69 Å². The monoisotopic (exact) mass is 264 g/mol. The molecular weight excluding hydrogens is 248 g/mol. The zero-order chi connectivity index (χ0) is 13.7. The summed E-state index contributed by atoms with van der Waals surface area (Å²) >= 11 is 0. The number of hydrogen-bond acceptors (Lipinski definition) is 8. The summed E-state index contributed by atoms with van der Waals surface area (Å²) in [4.78, 5) is 12.5. The van der Waals surface area contributed by atoms with Gasteiger partial charge >= 0.3 is 6.01 Å². The summed E-state index contributed by atoms with van der Waals surface area (Å²) in [7, 11) is 1.73. The van der Waals surface area contributed by atoms with Gasteiger partial charge in [-0.15, -0.1) is 0 Å². The molecule has 2 N–H and O–H groups in total. The van der Waals surface area contributed by atoms with Crippen LogP contribution < -0.4 is 15.4 Å². The van der Waals surface area contributed by atoms with Gasteiger partial charge in [-0.25, -0.2) is 0 Å². The van der Waals surface area contributed by atoms with E-state index in [9.17, 15) is 0 Å². The van der Waals surface area contributed by atoms with E-state index in [-0.39, 0.29) is 12.1 Å². The Morgan fingerprint density at radius 1 is 1.26 bits per heavy atom. The van der Waals surface area contributed by atoms with Gasteiger partial charge in [0.15, 0.2) is 0 Å². The minimum atomic E-state index is -0.00417. The molecule has 2 heterocycles. The predicted octanol–water partition coefficient (Wildman–Crippen LogP) is 1.30. The molecule has 0 bridgehead atoms. The van der Waals surface area contributed by atoms with Crippen LogP contribution in [0, 0.1) is 0 Å².